The number of aliphatic hydroxyl groups is 1. The van der Waals surface area contributed by atoms with E-state index in [-0.39, 0.29) is 5.41 Å². The van der Waals surface area contributed by atoms with Crippen LogP contribution in [0.15, 0.2) is 30.3 Å². The number of hydrogen-bond donors (Lipinski definition) is 1. The predicted molar refractivity (Wildman–Crippen MR) is 94.1 cm³/mol. The smallest absolute Gasteiger partial charge is 0.125 e. The van der Waals surface area contributed by atoms with Gasteiger partial charge >= 0.3 is 0 Å². The molecule has 122 valence electrons. The fraction of sp³-hybridized carbons (Fsp3) is 0.429. The molecule has 2 aromatic rings. The first-order valence-electron chi connectivity index (χ1n) is 8.20. The summed E-state index contributed by atoms with van der Waals surface area (Å²) in [6.07, 6.45) is 0.870. The molecule has 3 rings (SSSR count). The van der Waals surface area contributed by atoms with Crippen molar-refractivity contribution in [1.29, 1.82) is 0 Å². The van der Waals surface area contributed by atoms with E-state index in [1.807, 2.05) is 6.07 Å². The Kier molecular flexibility index (Phi) is 3.57. The summed E-state index contributed by atoms with van der Waals surface area (Å²) in [5, 5.41) is 12.0. The van der Waals surface area contributed by atoms with E-state index in [4.69, 9.17) is 4.74 Å². The van der Waals surface area contributed by atoms with Crippen molar-refractivity contribution in [2.24, 2.45) is 5.41 Å². The van der Waals surface area contributed by atoms with Gasteiger partial charge in [-0.25, -0.2) is 0 Å². The zero-order valence-electron chi connectivity index (χ0n) is 14.9. The fourth-order valence-corrected chi connectivity index (χ4v) is 4.51. The van der Waals surface area contributed by atoms with Crippen LogP contribution in [0.5, 0.6) is 5.75 Å². The summed E-state index contributed by atoms with van der Waals surface area (Å²) < 4.78 is 5.62. The van der Waals surface area contributed by atoms with Crippen LogP contribution in [0.3, 0.4) is 0 Å². The molecule has 23 heavy (non-hydrogen) atoms. The quantitative estimate of drug-likeness (QED) is 0.888. The molecule has 2 aromatic carbocycles. The van der Waals surface area contributed by atoms with Crippen LogP contribution in [-0.4, -0.2) is 12.2 Å². The molecule has 1 aliphatic rings. The average Bonchev–Trinajstić information content (AvgIpc) is 2.66. The molecule has 0 bridgehead atoms. The highest BCUT2D eigenvalue weighted by Gasteiger charge is 2.53. The molecule has 1 atom stereocenters. The molecule has 0 spiro atoms. The Morgan fingerprint density at radius 3 is 2.35 bits per heavy atom. The third kappa shape index (κ3) is 2.05. The molecule has 0 unspecified atom stereocenters. The topological polar surface area (TPSA) is 29.5 Å². The van der Waals surface area contributed by atoms with E-state index in [1.54, 1.807) is 7.11 Å². The second-order valence-electron chi connectivity index (χ2n) is 7.47. The summed E-state index contributed by atoms with van der Waals surface area (Å²) in [5.74, 6) is 0.874. The molecule has 0 aliphatic heterocycles. The molecule has 1 aliphatic carbocycles. The Labute approximate surface area is 139 Å². The number of aryl methyl sites for hydroxylation is 2. The Morgan fingerprint density at radius 2 is 1.70 bits per heavy atom. The number of ether oxygens (including phenoxy) is 1. The van der Waals surface area contributed by atoms with E-state index in [9.17, 15) is 5.11 Å². The highest BCUT2D eigenvalue weighted by atomic mass is 16.5. The number of methoxy groups -OCH3 is 1. The first-order valence-corrected chi connectivity index (χ1v) is 8.20. The molecular weight excluding hydrogens is 284 g/mol. The second-order valence-corrected chi connectivity index (χ2v) is 7.47. The summed E-state index contributed by atoms with van der Waals surface area (Å²) in [4.78, 5) is 0. The van der Waals surface area contributed by atoms with Gasteiger partial charge in [0.2, 0.25) is 0 Å². The summed E-state index contributed by atoms with van der Waals surface area (Å²) in [5.41, 5.74) is 5.25. The van der Waals surface area contributed by atoms with Crippen LogP contribution in [-0.2, 0) is 12.0 Å². The summed E-state index contributed by atoms with van der Waals surface area (Å²) in [6, 6.07) is 10.4. The molecular formula is C21H26O2. The maximum Gasteiger partial charge on any atom is 0.125 e. The van der Waals surface area contributed by atoms with E-state index in [0.717, 1.165) is 40.0 Å². The van der Waals surface area contributed by atoms with Gasteiger partial charge in [0.1, 0.15) is 11.4 Å². The van der Waals surface area contributed by atoms with Gasteiger partial charge in [-0.15, -0.1) is 0 Å². The highest BCUT2D eigenvalue weighted by molar-refractivity contribution is 5.58. The van der Waals surface area contributed by atoms with Gasteiger partial charge < -0.3 is 9.84 Å². The number of benzene rings is 2. The van der Waals surface area contributed by atoms with Crippen molar-refractivity contribution in [3.63, 3.8) is 0 Å². The van der Waals surface area contributed by atoms with Crippen LogP contribution >= 0.6 is 0 Å². The lowest BCUT2D eigenvalue weighted by Gasteiger charge is -2.40. The van der Waals surface area contributed by atoms with Gasteiger partial charge in [0.15, 0.2) is 0 Å². The van der Waals surface area contributed by atoms with Gasteiger partial charge in [0, 0.05) is 5.41 Å². The van der Waals surface area contributed by atoms with Gasteiger partial charge in [0.25, 0.3) is 0 Å². The van der Waals surface area contributed by atoms with Crippen LogP contribution in [0.4, 0.5) is 0 Å². The monoisotopic (exact) mass is 310 g/mol. The van der Waals surface area contributed by atoms with Crippen LogP contribution in [0.2, 0.25) is 0 Å². The van der Waals surface area contributed by atoms with Crippen molar-refractivity contribution in [3.8, 4) is 5.75 Å². The molecule has 0 radical (unpaired) electrons. The van der Waals surface area contributed by atoms with Gasteiger partial charge in [-0.2, -0.15) is 0 Å². The van der Waals surface area contributed by atoms with Crippen LogP contribution in [0.25, 0.3) is 0 Å². The molecule has 0 fully saturated rings. The number of hydrogen-bond acceptors (Lipinski definition) is 2. The van der Waals surface area contributed by atoms with Crippen molar-refractivity contribution in [1.82, 2.24) is 0 Å². The highest BCUT2D eigenvalue weighted by Crippen LogP contribution is 2.55. The van der Waals surface area contributed by atoms with Crippen LogP contribution in [0, 0.1) is 26.2 Å². The first-order chi connectivity index (χ1) is 10.7. The predicted octanol–water partition coefficient (Wildman–Crippen LogP) is 4.44. The maximum absolute atomic E-state index is 12.0. The molecule has 0 amide bonds. The Balaban J connectivity index is 2.37. The lowest BCUT2D eigenvalue weighted by atomic mass is 9.68. The largest absolute Gasteiger partial charge is 0.496 e. The molecule has 0 heterocycles. The van der Waals surface area contributed by atoms with Crippen molar-refractivity contribution in [2.45, 2.75) is 46.6 Å². The lowest BCUT2D eigenvalue weighted by molar-refractivity contribution is -0.0222. The van der Waals surface area contributed by atoms with E-state index < -0.39 is 5.60 Å². The molecule has 2 heteroatoms. The summed E-state index contributed by atoms with van der Waals surface area (Å²) in [7, 11) is 1.70. The van der Waals surface area contributed by atoms with E-state index in [1.165, 1.54) is 5.56 Å². The zero-order valence-corrected chi connectivity index (χ0v) is 14.9. The Hall–Kier alpha value is -1.80. The summed E-state index contributed by atoms with van der Waals surface area (Å²) in [6.45, 7) is 10.5. The van der Waals surface area contributed by atoms with Gasteiger partial charge in [-0.3, -0.25) is 0 Å². The minimum Gasteiger partial charge on any atom is -0.496 e. The molecule has 2 nitrogen and oxygen atoms in total. The lowest BCUT2D eigenvalue weighted by Crippen LogP contribution is -2.41. The minimum absolute atomic E-state index is 0.271. The van der Waals surface area contributed by atoms with Crippen LogP contribution in [0.1, 0.15) is 47.2 Å². The average molecular weight is 310 g/mol. The molecule has 0 saturated carbocycles. The zero-order chi connectivity index (χ0) is 17.0. The molecule has 0 aromatic heterocycles. The SMILES string of the molecule is COc1c(C)cc(C)c([C@]2(O)c3ccccc3CC2(C)C)c1C. The maximum atomic E-state index is 12.0. The fourth-order valence-electron chi connectivity index (χ4n) is 4.51. The summed E-state index contributed by atoms with van der Waals surface area (Å²) >= 11 is 0. The second kappa shape index (κ2) is 5.10. The van der Waals surface area contributed by atoms with Crippen molar-refractivity contribution in [2.75, 3.05) is 7.11 Å². The van der Waals surface area contributed by atoms with Gasteiger partial charge in [0.05, 0.1) is 7.11 Å². The first kappa shape index (κ1) is 16.1. The third-order valence-corrected chi connectivity index (χ3v) is 5.49. The minimum atomic E-state index is -1.00. The van der Waals surface area contributed by atoms with Crippen molar-refractivity contribution >= 4 is 0 Å². The van der Waals surface area contributed by atoms with Gasteiger partial charge in [-0.1, -0.05) is 44.2 Å². The molecule has 1 N–H and O–H groups in total. The van der Waals surface area contributed by atoms with E-state index >= 15 is 0 Å². The normalized spacial score (nSPS) is 22.0. The standard InChI is InChI=1S/C21H26O2/c1-13-11-14(2)19(23-6)15(3)18(13)21(22)17-10-8-7-9-16(17)12-20(21,4)5/h7-11,22H,12H2,1-6H3/t21-/m1/s1. The number of fused-ring (bicyclic) bond motifs is 1. The van der Waals surface area contributed by atoms with Crippen LogP contribution < -0.4 is 4.74 Å². The van der Waals surface area contributed by atoms with E-state index in [2.05, 4.69) is 58.9 Å². The number of rotatable bonds is 2. The van der Waals surface area contributed by atoms with E-state index in [0.29, 0.717) is 0 Å². The third-order valence-electron chi connectivity index (χ3n) is 5.49. The Bertz CT molecular complexity index is 774. The van der Waals surface area contributed by atoms with Crippen molar-refractivity contribution in [3.05, 3.63) is 63.7 Å². The molecule has 0 saturated heterocycles. The van der Waals surface area contributed by atoms with Gasteiger partial charge in [-0.05, 0) is 60.6 Å². The van der Waals surface area contributed by atoms with Crippen molar-refractivity contribution < 1.29 is 9.84 Å². The Morgan fingerprint density at radius 1 is 1.04 bits per heavy atom.